The molecule has 0 aliphatic heterocycles. The van der Waals surface area contributed by atoms with Crippen LogP contribution in [-0.2, 0) is 0 Å². The van der Waals surface area contributed by atoms with Crippen molar-refractivity contribution in [1.29, 1.82) is 0 Å². The van der Waals surface area contributed by atoms with Gasteiger partial charge in [-0.3, -0.25) is 0 Å². The standard InChI is InChI=1S/C19H32/c1-6-7-15(14-9-8-11(14)2)16-12(3)13(4)19-10-18(19,5)17(16)19/h11-17H,6-10H2,1-5H3. The molecule has 19 heavy (non-hydrogen) atoms. The Labute approximate surface area is 119 Å². The molecule has 0 heteroatoms. The first-order valence-electron chi connectivity index (χ1n) is 8.99. The van der Waals surface area contributed by atoms with Crippen molar-refractivity contribution in [2.75, 3.05) is 0 Å². The second-order valence-electron chi connectivity index (χ2n) is 9.01. The van der Waals surface area contributed by atoms with Crippen LogP contribution in [-0.4, -0.2) is 0 Å². The van der Waals surface area contributed by atoms with Gasteiger partial charge in [0.2, 0.25) is 0 Å². The SMILES string of the molecule is CCCC(C1CCC1C)C1C(C)C(C)C23CC2(C)C13. The van der Waals surface area contributed by atoms with Crippen molar-refractivity contribution >= 4 is 0 Å². The van der Waals surface area contributed by atoms with Gasteiger partial charge in [-0.1, -0.05) is 53.9 Å². The Balaban J connectivity index is 1.60. The number of hydrogen-bond donors (Lipinski definition) is 0. The van der Waals surface area contributed by atoms with Gasteiger partial charge in [0.15, 0.2) is 0 Å². The van der Waals surface area contributed by atoms with E-state index < -0.39 is 0 Å². The lowest BCUT2D eigenvalue weighted by molar-refractivity contribution is 0.0356. The second kappa shape index (κ2) is 3.60. The Morgan fingerprint density at radius 1 is 1.16 bits per heavy atom. The van der Waals surface area contributed by atoms with E-state index in [4.69, 9.17) is 0 Å². The molecule has 0 amide bonds. The molecule has 0 aromatic rings. The quantitative estimate of drug-likeness (QED) is 0.637. The van der Waals surface area contributed by atoms with Crippen LogP contribution in [0.1, 0.15) is 66.7 Å². The number of fused-ring (bicyclic) bond motifs is 1. The molecule has 4 aliphatic rings. The first kappa shape index (κ1) is 12.7. The zero-order valence-electron chi connectivity index (χ0n) is 13.6. The summed E-state index contributed by atoms with van der Waals surface area (Å²) in [4.78, 5) is 0. The summed E-state index contributed by atoms with van der Waals surface area (Å²) in [6, 6.07) is 0. The van der Waals surface area contributed by atoms with E-state index in [1.54, 1.807) is 12.8 Å². The Kier molecular flexibility index (Phi) is 2.41. The van der Waals surface area contributed by atoms with Gasteiger partial charge in [-0.15, -0.1) is 0 Å². The predicted octanol–water partition coefficient (Wildman–Crippen LogP) is 5.38. The van der Waals surface area contributed by atoms with Crippen LogP contribution in [0.5, 0.6) is 0 Å². The molecule has 108 valence electrons. The van der Waals surface area contributed by atoms with Crippen LogP contribution in [0.2, 0.25) is 0 Å². The van der Waals surface area contributed by atoms with Crippen molar-refractivity contribution in [3.63, 3.8) is 0 Å². The van der Waals surface area contributed by atoms with Gasteiger partial charge in [0, 0.05) is 0 Å². The highest BCUT2D eigenvalue weighted by atomic mass is 15.0. The maximum Gasteiger partial charge on any atom is -0.0170 e. The molecule has 4 aliphatic carbocycles. The van der Waals surface area contributed by atoms with Crippen LogP contribution >= 0.6 is 0 Å². The summed E-state index contributed by atoms with van der Waals surface area (Å²) in [6.07, 6.45) is 7.54. The maximum atomic E-state index is 2.61. The molecule has 0 N–H and O–H groups in total. The molecule has 0 saturated heterocycles. The van der Waals surface area contributed by atoms with Crippen LogP contribution in [0.25, 0.3) is 0 Å². The van der Waals surface area contributed by atoms with Gasteiger partial charge in [-0.25, -0.2) is 0 Å². The molecule has 0 aromatic carbocycles. The molecule has 4 rings (SSSR count). The molecule has 0 nitrogen and oxygen atoms in total. The lowest BCUT2D eigenvalue weighted by atomic mass is 9.60. The van der Waals surface area contributed by atoms with Gasteiger partial charge in [-0.2, -0.15) is 0 Å². The number of rotatable bonds is 4. The van der Waals surface area contributed by atoms with Crippen molar-refractivity contribution in [2.45, 2.75) is 66.7 Å². The van der Waals surface area contributed by atoms with E-state index in [1.807, 2.05) is 0 Å². The van der Waals surface area contributed by atoms with Gasteiger partial charge in [0.25, 0.3) is 0 Å². The first-order chi connectivity index (χ1) is 8.99. The summed E-state index contributed by atoms with van der Waals surface area (Å²) in [7, 11) is 0. The van der Waals surface area contributed by atoms with Crippen LogP contribution in [0, 0.1) is 52.3 Å². The Hall–Kier alpha value is 0. The van der Waals surface area contributed by atoms with E-state index in [2.05, 4.69) is 34.6 Å². The van der Waals surface area contributed by atoms with E-state index >= 15 is 0 Å². The lowest BCUT2D eigenvalue weighted by Gasteiger charge is -2.45. The third kappa shape index (κ3) is 1.24. The van der Waals surface area contributed by atoms with E-state index in [9.17, 15) is 0 Å². The molecule has 4 saturated carbocycles. The average molecular weight is 260 g/mol. The average Bonchev–Trinajstić information content (AvgIpc) is 3.12. The summed E-state index contributed by atoms with van der Waals surface area (Å²) in [5, 5.41) is 0. The highest BCUT2D eigenvalue weighted by Gasteiger charge is 2.94. The number of hydrogen-bond acceptors (Lipinski definition) is 0. The molecule has 0 aromatic heterocycles. The predicted molar refractivity (Wildman–Crippen MR) is 80.8 cm³/mol. The largest absolute Gasteiger partial charge is 0.0654 e. The van der Waals surface area contributed by atoms with Gasteiger partial charge in [0.05, 0.1) is 0 Å². The van der Waals surface area contributed by atoms with Crippen LogP contribution in [0.15, 0.2) is 0 Å². The highest BCUT2D eigenvalue weighted by molar-refractivity contribution is 5.41. The molecule has 9 unspecified atom stereocenters. The summed E-state index contributed by atoms with van der Waals surface area (Å²) in [5.74, 6) is 7.42. The molecule has 0 bridgehead atoms. The summed E-state index contributed by atoms with van der Waals surface area (Å²) < 4.78 is 0. The Morgan fingerprint density at radius 2 is 1.89 bits per heavy atom. The molecule has 0 heterocycles. The van der Waals surface area contributed by atoms with E-state index in [1.165, 1.54) is 19.3 Å². The first-order valence-corrected chi connectivity index (χ1v) is 8.99. The van der Waals surface area contributed by atoms with Crippen LogP contribution in [0.4, 0.5) is 0 Å². The minimum atomic E-state index is 0.808. The minimum Gasteiger partial charge on any atom is -0.0654 e. The van der Waals surface area contributed by atoms with Crippen LogP contribution < -0.4 is 0 Å². The van der Waals surface area contributed by atoms with E-state index in [0.717, 1.165) is 52.3 Å². The molecule has 0 radical (unpaired) electrons. The monoisotopic (exact) mass is 260 g/mol. The third-order valence-corrected chi connectivity index (χ3v) is 8.70. The van der Waals surface area contributed by atoms with Gasteiger partial charge in [0.1, 0.15) is 0 Å². The van der Waals surface area contributed by atoms with Gasteiger partial charge < -0.3 is 0 Å². The van der Waals surface area contributed by atoms with Gasteiger partial charge >= 0.3 is 0 Å². The van der Waals surface area contributed by atoms with E-state index in [-0.39, 0.29) is 0 Å². The Morgan fingerprint density at radius 3 is 2.32 bits per heavy atom. The van der Waals surface area contributed by atoms with Crippen LogP contribution in [0.3, 0.4) is 0 Å². The topological polar surface area (TPSA) is 0 Å². The van der Waals surface area contributed by atoms with Crippen molar-refractivity contribution in [3.8, 4) is 0 Å². The van der Waals surface area contributed by atoms with E-state index in [0.29, 0.717) is 0 Å². The smallest absolute Gasteiger partial charge is 0.0170 e. The van der Waals surface area contributed by atoms with Gasteiger partial charge in [-0.05, 0) is 65.1 Å². The normalized spacial score (nSPS) is 63.0. The summed E-state index contributed by atoms with van der Waals surface area (Å²) in [6.45, 7) is 12.7. The fraction of sp³-hybridized carbons (Fsp3) is 1.00. The van der Waals surface area contributed by atoms with Crippen molar-refractivity contribution in [2.24, 2.45) is 52.3 Å². The van der Waals surface area contributed by atoms with Crippen molar-refractivity contribution in [3.05, 3.63) is 0 Å². The van der Waals surface area contributed by atoms with Crippen molar-refractivity contribution in [1.82, 2.24) is 0 Å². The fourth-order valence-corrected chi connectivity index (χ4v) is 7.31. The molecule has 9 atom stereocenters. The second-order valence-corrected chi connectivity index (χ2v) is 9.01. The minimum absolute atomic E-state index is 0.808. The lowest BCUT2D eigenvalue weighted by Crippen LogP contribution is -2.38. The summed E-state index contributed by atoms with van der Waals surface area (Å²) >= 11 is 0. The zero-order valence-corrected chi connectivity index (χ0v) is 13.6. The summed E-state index contributed by atoms with van der Waals surface area (Å²) in [5.41, 5.74) is 1.65. The maximum absolute atomic E-state index is 2.61. The molecular formula is C19H32. The molecular weight excluding hydrogens is 228 g/mol. The Bertz CT molecular complexity index is 399. The zero-order chi connectivity index (χ0) is 13.6. The highest BCUT2D eigenvalue weighted by Crippen LogP contribution is 2.99. The molecule has 1 spiro atoms. The van der Waals surface area contributed by atoms with Crippen molar-refractivity contribution < 1.29 is 0 Å². The fourth-order valence-electron chi connectivity index (χ4n) is 7.31. The molecule has 4 fully saturated rings. The third-order valence-electron chi connectivity index (χ3n) is 8.70.